The van der Waals surface area contributed by atoms with Crippen LogP contribution in [0, 0.1) is 11.3 Å². The molecule has 3 heteroatoms. The van der Waals surface area contributed by atoms with E-state index in [9.17, 15) is 0 Å². The van der Waals surface area contributed by atoms with Crippen molar-refractivity contribution in [3.05, 3.63) is 0 Å². The first-order valence-corrected chi connectivity index (χ1v) is 5.16. The van der Waals surface area contributed by atoms with Crippen molar-refractivity contribution in [2.75, 3.05) is 13.1 Å². The number of nitrogens with one attached hydrogen (secondary N) is 1. The molecule has 1 unspecified atom stereocenters. The van der Waals surface area contributed by atoms with Crippen LogP contribution in [0.5, 0.6) is 0 Å². The molecule has 0 spiro atoms. The molecular weight excluding hydrogens is 162 g/mol. The zero-order valence-corrected chi connectivity index (χ0v) is 8.71. The number of nitrogens with zero attached hydrogens (tertiary/aromatic N) is 1. The molecule has 0 aromatic carbocycles. The second-order valence-electron chi connectivity index (χ2n) is 4.30. The summed E-state index contributed by atoms with van der Waals surface area (Å²) in [4.78, 5) is 2.45. The predicted octanol–water partition coefficient (Wildman–Crippen LogP) is 1.43. The number of hydrogen-bond donors (Lipinski definition) is 2. The van der Waals surface area contributed by atoms with Crippen molar-refractivity contribution in [2.45, 2.75) is 39.2 Å². The number of piperidine rings is 1. The highest BCUT2D eigenvalue weighted by molar-refractivity contribution is 5.77. The number of amidine groups is 1. The van der Waals surface area contributed by atoms with Gasteiger partial charge in [0.1, 0.15) is 0 Å². The Morgan fingerprint density at radius 3 is 2.54 bits per heavy atom. The molecule has 13 heavy (non-hydrogen) atoms. The summed E-state index contributed by atoms with van der Waals surface area (Å²) in [6.45, 7) is 6.83. The molecule has 1 fully saturated rings. The standard InChI is InChI=1S/C10H21N3/c1-8-3-5-13(6-4-8)9(2)7-10(11)12/h8-9H,3-7H2,1-2H3,(H3,11,12). The average Bonchev–Trinajstić information content (AvgIpc) is 2.04. The second-order valence-corrected chi connectivity index (χ2v) is 4.30. The van der Waals surface area contributed by atoms with Gasteiger partial charge >= 0.3 is 0 Å². The molecule has 1 rings (SSSR count). The van der Waals surface area contributed by atoms with Crippen LogP contribution in [0.1, 0.15) is 33.1 Å². The van der Waals surface area contributed by atoms with E-state index in [1.54, 1.807) is 0 Å². The van der Waals surface area contributed by atoms with Crippen LogP contribution >= 0.6 is 0 Å². The van der Waals surface area contributed by atoms with Crippen LogP contribution in [0.15, 0.2) is 0 Å². The van der Waals surface area contributed by atoms with Gasteiger partial charge in [-0.1, -0.05) is 6.92 Å². The van der Waals surface area contributed by atoms with Crippen molar-refractivity contribution >= 4 is 5.84 Å². The van der Waals surface area contributed by atoms with Gasteiger partial charge in [-0.05, 0) is 38.8 Å². The summed E-state index contributed by atoms with van der Waals surface area (Å²) in [6.07, 6.45) is 3.30. The lowest BCUT2D eigenvalue weighted by Crippen LogP contribution is -2.41. The Hall–Kier alpha value is -0.570. The molecule has 1 saturated heterocycles. The molecule has 1 aliphatic rings. The molecule has 0 radical (unpaired) electrons. The van der Waals surface area contributed by atoms with Crippen LogP contribution in [-0.2, 0) is 0 Å². The SMILES string of the molecule is CC1CCN(C(C)CC(=N)N)CC1. The third kappa shape index (κ3) is 3.35. The summed E-state index contributed by atoms with van der Waals surface area (Å²) >= 11 is 0. The van der Waals surface area contributed by atoms with Crippen LogP contribution < -0.4 is 5.73 Å². The number of likely N-dealkylation sites (tertiary alicyclic amines) is 1. The van der Waals surface area contributed by atoms with Gasteiger partial charge in [-0.2, -0.15) is 0 Å². The monoisotopic (exact) mass is 183 g/mol. The molecule has 0 saturated carbocycles. The van der Waals surface area contributed by atoms with E-state index in [1.807, 2.05) is 0 Å². The van der Waals surface area contributed by atoms with Crippen molar-refractivity contribution < 1.29 is 0 Å². The highest BCUT2D eigenvalue weighted by Gasteiger charge is 2.20. The van der Waals surface area contributed by atoms with E-state index in [-0.39, 0.29) is 0 Å². The Kier molecular flexibility index (Phi) is 3.72. The maximum atomic E-state index is 7.23. The van der Waals surface area contributed by atoms with Crippen LogP contribution in [-0.4, -0.2) is 29.9 Å². The largest absolute Gasteiger partial charge is 0.388 e. The van der Waals surface area contributed by atoms with Crippen molar-refractivity contribution in [2.24, 2.45) is 11.7 Å². The van der Waals surface area contributed by atoms with E-state index in [0.717, 1.165) is 5.92 Å². The van der Waals surface area contributed by atoms with E-state index in [0.29, 0.717) is 18.3 Å². The molecule has 0 aromatic rings. The number of hydrogen-bond acceptors (Lipinski definition) is 2. The highest BCUT2D eigenvalue weighted by atomic mass is 15.2. The Bertz CT molecular complexity index is 171. The Balaban J connectivity index is 2.31. The zero-order chi connectivity index (χ0) is 9.84. The zero-order valence-electron chi connectivity index (χ0n) is 8.71. The van der Waals surface area contributed by atoms with E-state index in [2.05, 4.69) is 18.7 Å². The van der Waals surface area contributed by atoms with Crippen LogP contribution in [0.25, 0.3) is 0 Å². The summed E-state index contributed by atoms with van der Waals surface area (Å²) in [7, 11) is 0. The first kappa shape index (κ1) is 10.5. The summed E-state index contributed by atoms with van der Waals surface area (Å²) in [6, 6.07) is 0.449. The van der Waals surface area contributed by atoms with Crippen molar-refractivity contribution in [1.29, 1.82) is 5.41 Å². The van der Waals surface area contributed by atoms with Crippen molar-refractivity contribution in [3.8, 4) is 0 Å². The molecule has 0 bridgehead atoms. The average molecular weight is 183 g/mol. The molecule has 1 aliphatic heterocycles. The first-order chi connectivity index (χ1) is 6.09. The van der Waals surface area contributed by atoms with Gasteiger partial charge in [-0.3, -0.25) is 5.41 Å². The van der Waals surface area contributed by atoms with E-state index < -0.39 is 0 Å². The Morgan fingerprint density at radius 1 is 1.54 bits per heavy atom. The summed E-state index contributed by atoms with van der Waals surface area (Å²) in [5.74, 6) is 1.19. The first-order valence-electron chi connectivity index (χ1n) is 5.16. The normalized spacial score (nSPS) is 22.9. The van der Waals surface area contributed by atoms with Crippen LogP contribution in [0.2, 0.25) is 0 Å². The minimum atomic E-state index is 0.311. The third-order valence-corrected chi connectivity index (χ3v) is 2.96. The highest BCUT2D eigenvalue weighted by Crippen LogP contribution is 2.18. The van der Waals surface area contributed by atoms with Crippen molar-refractivity contribution in [1.82, 2.24) is 4.90 Å². The van der Waals surface area contributed by atoms with Gasteiger partial charge in [0.2, 0.25) is 0 Å². The van der Waals surface area contributed by atoms with Crippen LogP contribution in [0.4, 0.5) is 0 Å². The second kappa shape index (κ2) is 4.61. The molecule has 1 heterocycles. The molecule has 3 N–H and O–H groups in total. The molecule has 76 valence electrons. The molecule has 1 atom stereocenters. The molecule has 0 aliphatic carbocycles. The van der Waals surface area contributed by atoms with E-state index in [4.69, 9.17) is 11.1 Å². The predicted molar refractivity (Wildman–Crippen MR) is 56.0 cm³/mol. The summed E-state index contributed by atoms with van der Waals surface area (Å²) in [5.41, 5.74) is 5.38. The number of nitrogens with two attached hydrogens (primary N) is 1. The third-order valence-electron chi connectivity index (χ3n) is 2.96. The fraction of sp³-hybridized carbons (Fsp3) is 0.900. The molecule has 0 aromatic heterocycles. The maximum Gasteiger partial charge on any atom is 0.0920 e. The van der Waals surface area contributed by atoms with Crippen LogP contribution in [0.3, 0.4) is 0 Å². The minimum absolute atomic E-state index is 0.311. The molecule has 0 amide bonds. The minimum Gasteiger partial charge on any atom is -0.388 e. The van der Waals surface area contributed by atoms with Gasteiger partial charge in [0, 0.05) is 12.5 Å². The fourth-order valence-corrected chi connectivity index (χ4v) is 1.92. The quantitative estimate of drug-likeness (QED) is 0.514. The lowest BCUT2D eigenvalue weighted by atomic mass is 9.97. The Labute approximate surface area is 80.8 Å². The van der Waals surface area contributed by atoms with Gasteiger partial charge in [0.15, 0.2) is 0 Å². The van der Waals surface area contributed by atoms with Crippen molar-refractivity contribution in [3.63, 3.8) is 0 Å². The van der Waals surface area contributed by atoms with Gasteiger partial charge in [0.05, 0.1) is 5.84 Å². The van der Waals surface area contributed by atoms with Gasteiger partial charge in [-0.25, -0.2) is 0 Å². The van der Waals surface area contributed by atoms with Gasteiger partial charge in [0.25, 0.3) is 0 Å². The van der Waals surface area contributed by atoms with Gasteiger partial charge < -0.3 is 10.6 Å². The summed E-state index contributed by atoms with van der Waals surface area (Å²) < 4.78 is 0. The lowest BCUT2D eigenvalue weighted by Gasteiger charge is -2.34. The lowest BCUT2D eigenvalue weighted by molar-refractivity contribution is 0.149. The van der Waals surface area contributed by atoms with E-state index >= 15 is 0 Å². The summed E-state index contributed by atoms with van der Waals surface area (Å²) in [5, 5.41) is 7.23. The Morgan fingerprint density at radius 2 is 2.08 bits per heavy atom. The topological polar surface area (TPSA) is 53.1 Å². The van der Waals surface area contributed by atoms with Gasteiger partial charge in [-0.15, -0.1) is 0 Å². The smallest absolute Gasteiger partial charge is 0.0920 e. The molecule has 3 nitrogen and oxygen atoms in total. The van der Waals surface area contributed by atoms with E-state index in [1.165, 1.54) is 25.9 Å². The molecular formula is C10H21N3. The number of rotatable bonds is 3. The fourth-order valence-electron chi connectivity index (χ4n) is 1.92. The maximum absolute atomic E-state index is 7.23.